The lowest BCUT2D eigenvalue weighted by Gasteiger charge is -2.24. The average molecular weight is 839 g/mol. The van der Waals surface area contributed by atoms with E-state index in [1.54, 1.807) is 0 Å². The van der Waals surface area contributed by atoms with E-state index in [0.29, 0.717) is 23.9 Å². The maximum atomic E-state index is 12.8. The second kappa shape index (κ2) is 29.7. The Morgan fingerprint density at radius 3 is 1.57 bits per heavy atom. The zero-order valence-electron chi connectivity index (χ0n) is 37.5. The van der Waals surface area contributed by atoms with Crippen LogP contribution in [0, 0.1) is 13.8 Å². The van der Waals surface area contributed by atoms with Gasteiger partial charge >= 0.3 is 19.8 Å². The molecule has 2 unspecified atom stereocenters. The fraction of sp³-hybridized carbons (Fsp3) is 0.783. The van der Waals surface area contributed by atoms with Crippen molar-refractivity contribution in [1.29, 1.82) is 0 Å². The predicted octanol–water partition coefficient (Wildman–Crippen LogP) is 11.5. The number of esters is 2. The molecule has 0 aliphatic rings. The molecule has 0 amide bonds. The summed E-state index contributed by atoms with van der Waals surface area (Å²) in [7, 11) is 1.43. The number of furan rings is 2. The highest BCUT2D eigenvalue weighted by Crippen LogP contribution is 2.43. The highest BCUT2D eigenvalue weighted by Gasteiger charge is 2.27. The maximum absolute atomic E-state index is 12.8. The molecule has 0 aromatic carbocycles. The van der Waals surface area contributed by atoms with Crippen LogP contribution >= 0.6 is 7.82 Å². The van der Waals surface area contributed by atoms with E-state index in [2.05, 4.69) is 39.8 Å². The topological polar surface area (TPSA) is 135 Å². The Morgan fingerprint density at radius 2 is 1.09 bits per heavy atom. The van der Waals surface area contributed by atoms with Crippen LogP contribution in [0.3, 0.4) is 0 Å². The van der Waals surface area contributed by atoms with Crippen molar-refractivity contribution in [3.8, 4) is 0 Å². The number of nitrogens with zero attached hydrogens (tertiary/aromatic N) is 1. The van der Waals surface area contributed by atoms with E-state index < -0.39 is 32.5 Å². The molecule has 2 aromatic rings. The van der Waals surface area contributed by atoms with Gasteiger partial charge in [0, 0.05) is 38.5 Å². The van der Waals surface area contributed by atoms with Gasteiger partial charge in [-0.3, -0.25) is 18.6 Å². The number of carbonyl (C=O) groups excluding carboxylic acids is 2. The molecule has 0 radical (unpaired) electrons. The molecule has 0 saturated heterocycles. The quantitative estimate of drug-likeness (QED) is 0.0306. The van der Waals surface area contributed by atoms with E-state index in [0.717, 1.165) is 113 Å². The number of rotatable bonds is 36. The van der Waals surface area contributed by atoms with Gasteiger partial charge in [0.25, 0.3) is 0 Å². The number of carbonyl (C=O) groups is 2. The largest absolute Gasteiger partial charge is 0.472 e. The normalized spacial score (nSPS) is 13.4. The Kier molecular flexibility index (Phi) is 26.5. The van der Waals surface area contributed by atoms with Gasteiger partial charge in [-0.25, -0.2) is 4.57 Å². The third-order valence-electron chi connectivity index (χ3n) is 10.4. The fourth-order valence-corrected chi connectivity index (χ4v) is 7.55. The predicted molar refractivity (Wildman–Crippen MR) is 231 cm³/mol. The molecule has 0 fully saturated rings. The molecule has 2 rings (SSSR count). The molecule has 0 saturated carbocycles. The molecule has 0 aliphatic carbocycles. The summed E-state index contributed by atoms with van der Waals surface area (Å²) < 4.78 is 46.6. The number of phosphoric acid groups is 1. The van der Waals surface area contributed by atoms with Crippen LogP contribution in [-0.4, -0.2) is 74.9 Å². The number of phosphoric ester groups is 1. The number of hydrogen-bond donors (Lipinski definition) is 1. The molecule has 2 aromatic heterocycles. The first-order valence-electron chi connectivity index (χ1n) is 22.6. The summed E-state index contributed by atoms with van der Waals surface area (Å²) in [6.45, 7) is 8.52. The van der Waals surface area contributed by atoms with E-state index in [1.165, 1.54) is 49.7 Å². The first-order valence-corrected chi connectivity index (χ1v) is 24.1. The lowest BCUT2D eigenvalue weighted by atomic mass is 10.1. The van der Waals surface area contributed by atoms with Gasteiger partial charge in [-0.15, -0.1) is 0 Å². The standard InChI is InChI=1S/C46H80NO10P/c1-8-10-20-26-40-34-38(3)43(55-40)28-22-16-12-14-18-24-30-45(48)52-36-42(37-54-58(50,51)53-33-32-47(5,6)7)57-46(49)31-25-19-15-13-17-23-29-44-39(4)35-41(56-44)27-21-11-9-2/h34-35,42H,8-33,36-37H2,1-7H3/p+1. The van der Waals surface area contributed by atoms with Crippen molar-refractivity contribution in [3.63, 3.8) is 0 Å². The van der Waals surface area contributed by atoms with Crippen LogP contribution < -0.4 is 0 Å². The van der Waals surface area contributed by atoms with Gasteiger partial charge in [-0.05, 0) is 75.6 Å². The van der Waals surface area contributed by atoms with E-state index >= 15 is 0 Å². The van der Waals surface area contributed by atoms with Crippen LogP contribution in [-0.2, 0) is 58.4 Å². The van der Waals surface area contributed by atoms with Crippen molar-refractivity contribution in [2.75, 3.05) is 47.5 Å². The molecule has 0 spiro atoms. The van der Waals surface area contributed by atoms with Crippen LogP contribution in [0.5, 0.6) is 0 Å². The van der Waals surface area contributed by atoms with Crippen molar-refractivity contribution >= 4 is 19.8 Å². The summed E-state index contributed by atoms with van der Waals surface area (Å²) in [5, 5.41) is 0. The highest BCUT2D eigenvalue weighted by atomic mass is 31.2. The zero-order chi connectivity index (χ0) is 42.7. The number of ether oxygens (including phenoxy) is 2. The van der Waals surface area contributed by atoms with Crippen LogP contribution in [0.4, 0.5) is 0 Å². The number of unbranched alkanes of at least 4 members (excludes halogenated alkanes) is 14. The smallest absolute Gasteiger partial charge is 0.466 e. The minimum atomic E-state index is -4.40. The van der Waals surface area contributed by atoms with Gasteiger partial charge in [0.05, 0.1) is 27.7 Å². The van der Waals surface area contributed by atoms with Gasteiger partial charge < -0.3 is 27.7 Å². The number of likely N-dealkylation sites (N-methyl/N-ethyl adjacent to an activating group) is 1. The number of quaternary nitrogens is 1. The van der Waals surface area contributed by atoms with Crippen molar-refractivity contribution in [3.05, 3.63) is 46.3 Å². The van der Waals surface area contributed by atoms with Gasteiger partial charge in [-0.1, -0.05) is 90.9 Å². The first kappa shape index (κ1) is 51.7. The summed E-state index contributed by atoms with van der Waals surface area (Å²) in [6, 6.07) is 4.38. The Labute approximate surface area is 351 Å². The first-order chi connectivity index (χ1) is 27.7. The lowest BCUT2D eigenvalue weighted by molar-refractivity contribution is -0.870. The van der Waals surface area contributed by atoms with Crippen molar-refractivity contribution in [1.82, 2.24) is 0 Å². The molecule has 2 heterocycles. The number of hydrogen-bond acceptors (Lipinski definition) is 9. The van der Waals surface area contributed by atoms with Gasteiger partial charge in [0.15, 0.2) is 6.10 Å². The summed E-state index contributed by atoms with van der Waals surface area (Å²) in [4.78, 5) is 35.6. The Balaban J connectivity index is 1.67. The molecule has 12 heteroatoms. The van der Waals surface area contributed by atoms with Gasteiger partial charge in [0.2, 0.25) is 0 Å². The molecule has 11 nitrogen and oxygen atoms in total. The SMILES string of the molecule is CCCCCc1cc(C)c(CCCCCCCCC(=O)OCC(COP(=O)(O)OCC[N+](C)(C)C)OC(=O)CCCCCCCCc2oc(CCCCC)cc2C)o1. The monoisotopic (exact) mass is 839 g/mol. The maximum Gasteiger partial charge on any atom is 0.472 e. The molecule has 334 valence electrons. The summed E-state index contributed by atoms with van der Waals surface area (Å²) in [5.41, 5.74) is 2.50. The molecular weight excluding hydrogens is 757 g/mol. The Bertz CT molecular complexity index is 1440. The van der Waals surface area contributed by atoms with Crippen molar-refractivity contribution in [2.45, 2.75) is 188 Å². The van der Waals surface area contributed by atoms with Crippen molar-refractivity contribution < 1.29 is 50.9 Å². The minimum Gasteiger partial charge on any atom is -0.466 e. The van der Waals surface area contributed by atoms with E-state index in [4.69, 9.17) is 27.4 Å². The molecule has 0 bridgehead atoms. The van der Waals surface area contributed by atoms with Crippen LogP contribution in [0.25, 0.3) is 0 Å². The lowest BCUT2D eigenvalue weighted by Crippen LogP contribution is -2.37. The second-order valence-corrected chi connectivity index (χ2v) is 18.7. The molecule has 58 heavy (non-hydrogen) atoms. The van der Waals surface area contributed by atoms with E-state index in [9.17, 15) is 19.0 Å². The van der Waals surface area contributed by atoms with Gasteiger partial charge in [0.1, 0.15) is 42.8 Å². The summed E-state index contributed by atoms with van der Waals surface area (Å²) in [5.74, 6) is 3.57. The Hall–Kier alpha value is -2.43. The second-order valence-electron chi connectivity index (χ2n) is 17.2. The zero-order valence-corrected chi connectivity index (χ0v) is 38.4. The fourth-order valence-electron chi connectivity index (χ4n) is 6.81. The van der Waals surface area contributed by atoms with Crippen LogP contribution in [0.1, 0.15) is 176 Å². The average Bonchev–Trinajstić information content (AvgIpc) is 3.70. The van der Waals surface area contributed by atoms with Crippen molar-refractivity contribution in [2.24, 2.45) is 0 Å². The summed E-state index contributed by atoms with van der Waals surface area (Å²) in [6.07, 6.45) is 22.4. The molecule has 1 N–H and O–H groups in total. The third kappa shape index (κ3) is 25.3. The van der Waals surface area contributed by atoms with Gasteiger partial charge in [-0.2, -0.15) is 0 Å². The number of aryl methyl sites for hydroxylation is 6. The van der Waals surface area contributed by atoms with Crippen LogP contribution in [0.15, 0.2) is 21.0 Å². The Morgan fingerprint density at radius 1 is 0.638 bits per heavy atom. The molecular formula is C46H81NO10P+. The molecule has 0 aliphatic heterocycles. The highest BCUT2D eigenvalue weighted by molar-refractivity contribution is 7.47. The van der Waals surface area contributed by atoms with E-state index in [1.807, 2.05) is 21.1 Å². The summed E-state index contributed by atoms with van der Waals surface area (Å²) >= 11 is 0. The third-order valence-corrected chi connectivity index (χ3v) is 11.4. The molecule has 2 atom stereocenters. The van der Waals surface area contributed by atoms with Crippen LogP contribution in [0.2, 0.25) is 0 Å². The minimum absolute atomic E-state index is 0.0168. The van der Waals surface area contributed by atoms with E-state index in [-0.39, 0.29) is 26.1 Å².